The van der Waals surface area contributed by atoms with Gasteiger partial charge in [0.2, 0.25) is 0 Å². The lowest BCUT2D eigenvalue weighted by Gasteiger charge is -2.34. The Bertz CT molecular complexity index is 1900. The van der Waals surface area contributed by atoms with Gasteiger partial charge < -0.3 is 24.8 Å². The number of fused-ring (bicyclic) bond motifs is 6. The van der Waals surface area contributed by atoms with Crippen LogP contribution < -0.4 is 15.0 Å². The van der Waals surface area contributed by atoms with Crippen LogP contribution in [0.4, 0.5) is 19.0 Å². The minimum atomic E-state index is -1.15. The largest absolute Gasteiger partial charge is 0.508 e. The van der Waals surface area contributed by atoms with E-state index < -0.39 is 17.5 Å². The summed E-state index contributed by atoms with van der Waals surface area (Å²) in [6.07, 6.45) is 5.56. The Morgan fingerprint density at radius 1 is 1.04 bits per heavy atom. The summed E-state index contributed by atoms with van der Waals surface area (Å²) in [6.45, 7) is 4.42. The summed E-state index contributed by atoms with van der Waals surface area (Å²) >= 11 is 6.78. The zero-order valence-corrected chi connectivity index (χ0v) is 25.8. The molecule has 4 saturated heterocycles. The number of nitrogens with one attached hydrogen (secondary N) is 1. The van der Waals surface area contributed by atoms with Crippen molar-refractivity contribution in [2.45, 2.75) is 56.3 Å². The maximum absolute atomic E-state index is 16.9. The summed E-state index contributed by atoms with van der Waals surface area (Å²) in [5.41, 5.74) is -0.291. The molecule has 12 heteroatoms. The highest BCUT2D eigenvalue weighted by Crippen LogP contribution is 2.49. The van der Waals surface area contributed by atoms with Crippen LogP contribution in [0.25, 0.3) is 32.8 Å². The predicted octanol–water partition coefficient (Wildman–Crippen LogP) is 5.80. The van der Waals surface area contributed by atoms with E-state index >= 15 is 8.78 Å². The number of rotatable bonds is 7. The Hall–Kier alpha value is -3.38. The lowest BCUT2D eigenvalue weighted by atomic mass is 9.95. The molecule has 0 radical (unpaired) electrons. The van der Waals surface area contributed by atoms with Gasteiger partial charge in [0.05, 0.1) is 24.3 Å². The number of nitrogens with zero attached hydrogens (tertiary/aromatic N) is 4. The van der Waals surface area contributed by atoms with E-state index in [2.05, 4.69) is 20.1 Å². The number of hydrogen-bond donors (Lipinski definition) is 2. The van der Waals surface area contributed by atoms with E-state index in [0.29, 0.717) is 55.1 Å². The van der Waals surface area contributed by atoms with E-state index in [1.54, 1.807) is 6.07 Å². The van der Waals surface area contributed by atoms with Gasteiger partial charge in [0, 0.05) is 71.6 Å². The Balaban J connectivity index is 1.14. The Morgan fingerprint density at radius 3 is 2.57 bits per heavy atom. The maximum Gasteiger partial charge on any atom is 0.319 e. The average Bonchev–Trinajstić information content (AvgIpc) is 3.29. The number of anilines is 1. The van der Waals surface area contributed by atoms with Crippen LogP contribution in [-0.2, 0) is 4.74 Å². The van der Waals surface area contributed by atoms with Gasteiger partial charge in [-0.15, -0.1) is 0 Å². The highest BCUT2D eigenvalue weighted by atomic mass is 35.5. The van der Waals surface area contributed by atoms with Gasteiger partial charge in [-0.3, -0.25) is 4.90 Å². The number of hydrogen-bond acceptors (Lipinski definition) is 8. The lowest BCUT2D eigenvalue weighted by molar-refractivity contribution is 0.0176. The highest BCUT2D eigenvalue weighted by molar-refractivity contribution is 6.35. The molecule has 9 rings (SSSR count). The monoisotopic (exact) mass is 651 g/mol. The first-order chi connectivity index (χ1) is 22.2. The molecular formula is C34H33ClF3N5O3. The molecule has 1 saturated carbocycles. The van der Waals surface area contributed by atoms with E-state index in [1.807, 2.05) is 0 Å². The normalized spacial score (nSPS) is 26.5. The van der Waals surface area contributed by atoms with Crippen molar-refractivity contribution in [3.8, 4) is 22.9 Å². The van der Waals surface area contributed by atoms with Crippen molar-refractivity contribution < 1.29 is 27.8 Å². The highest BCUT2D eigenvalue weighted by Gasteiger charge is 2.49. The Kier molecular flexibility index (Phi) is 6.62. The molecule has 5 fully saturated rings. The number of phenols is 1. The van der Waals surface area contributed by atoms with Crippen molar-refractivity contribution in [2.24, 2.45) is 5.41 Å². The number of phenolic OH excluding ortho intramolecular Hbond substituents is 1. The minimum Gasteiger partial charge on any atom is -0.508 e. The number of ether oxygens (including phenoxy) is 2. The fraction of sp³-hybridized carbons (Fsp3) is 0.471. The first kappa shape index (κ1) is 28.8. The summed E-state index contributed by atoms with van der Waals surface area (Å²) in [4.78, 5) is 14.1. The number of benzene rings is 3. The van der Waals surface area contributed by atoms with Gasteiger partial charge in [-0.2, -0.15) is 9.97 Å². The molecule has 1 aliphatic carbocycles. The van der Waals surface area contributed by atoms with E-state index in [4.69, 9.17) is 26.1 Å². The zero-order valence-electron chi connectivity index (χ0n) is 25.0. The van der Waals surface area contributed by atoms with Crippen molar-refractivity contribution in [1.29, 1.82) is 0 Å². The van der Waals surface area contributed by atoms with Gasteiger partial charge in [0.15, 0.2) is 17.5 Å². The summed E-state index contributed by atoms with van der Waals surface area (Å²) in [7, 11) is 0. The maximum atomic E-state index is 16.9. The van der Waals surface area contributed by atoms with Crippen LogP contribution >= 0.6 is 11.6 Å². The van der Waals surface area contributed by atoms with Crippen LogP contribution in [0.2, 0.25) is 5.02 Å². The number of halogens is 4. The first-order valence-electron chi connectivity index (χ1n) is 16.0. The van der Waals surface area contributed by atoms with Crippen LogP contribution in [0.1, 0.15) is 32.1 Å². The van der Waals surface area contributed by atoms with Crippen molar-refractivity contribution in [2.75, 3.05) is 44.3 Å². The number of piperazine rings is 1. The molecule has 240 valence electrons. The van der Waals surface area contributed by atoms with Gasteiger partial charge in [-0.25, -0.2) is 13.2 Å². The zero-order chi connectivity index (χ0) is 31.3. The van der Waals surface area contributed by atoms with E-state index in [-0.39, 0.29) is 49.6 Å². The number of morpholine rings is 1. The van der Waals surface area contributed by atoms with Gasteiger partial charge >= 0.3 is 6.01 Å². The molecule has 46 heavy (non-hydrogen) atoms. The predicted molar refractivity (Wildman–Crippen MR) is 168 cm³/mol. The van der Waals surface area contributed by atoms with Crippen LogP contribution in [0.3, 0.4) is 0 Å². The number of likely N-dealkylation sites (tertiary alicyclic amines) is 1. The van der Waals surface area contributed by atoms with Gasteiger partial charge in [-0.1, -0.05) is 17.7 Å². The Labute approximate surface area is 268 Å². The van der Waals surface area contributed by atoms with Crippen LogP contribution in [0.5, 0.6) is 11.8 Å². The van der Waals surface area contributed by atoms with Gasteiger partial charge in [-0.05, 0) is 61.8 Å². The van der Waals surface area contributed by atoms with Crippen LogP contribution in [0, 0.1) is 22.9 Å². The molecule has 4 aromatic rings. The second-order valence-corrected chi connectivity index (χ2v) is 14.2. The van der Waals surface area contributed by atoms with Crippen molar-refractivity contribution >= 4 is 39.1 Å². The SMILES string of the molecule is Oc1cc(-c2c(Cl)cc3c(N4CC5CCC(C4)N5)nc(OCC4(CN5C[C@H]6C[C@@H]5CO6)CC4)nc3c2F)c2c(F)c(F)ccc2c1. The molecule has 4 atom stereocenters. The molecule has 0 spiro atoms. The Morgan fingerprint density at radius 2 is 1.85 bits per heavy atom. The molecule has 4 aliphatic heterocycles. The van der Waals surface area contributed by atoms with E-state index in [0.717, 1.165) is 57.9 Å². The molecule has 0 amide bonds. The van der Waals surface area contributed by atoms with Crippen molar-refractivity contribution in [3.05, 3.63) is 52.8 Å². The fourth-order valence-electron chi connectivity index (χ4n) is 8.11. The third-order valence-corrected chi connectivity index (χ3v) is 10.9. The summed E-state index contributed by atoms with van der Waals surface area (Å²) < 4.78 is 58.6. The third kappa shape index (κ3) is 4.77. The molecule has 8 nitrogen and oxygen atoms in total. The lowest BCUT2D eigenvalue weighted by Crippen LogP contribution is -2.51. The van der Waals surface area contributed by atoms with E-state index in [9.17, 15) is 9.50 Å². The third-order valence-electron chi connectivity index (χ3n) is 10.6. The fourth-order valence-corrected chi connectivity index (χ4v) is 8.40. The standard InChI is InChI=1S/C34H33ClF3N5O3/c35-25-10-24-31(30(38)28(25)23-9-21(44)7-17-1-4-26(36)29(37)27(17)23)40-33(41-32(24)42-11-18-2-3-19(12-42)39-18)46-16-34(5-6-34)15-43-13-22-8-20(43)14-45-22/h1,4,7,9-10,18-20,22,39,44H,2-3,5-6,8,11-16H2/t18?,19?,20-,22-/m1/s1. The van der Waals surface area contributed by atoms with Crippen LogP contribution in [0.15, 0.2) is 30.3 Å². The molecule has 5 heterocycles. The first-order valence-corrected chi connectivity index (χ1v) is 16.4. The molecular weight excluding hydrogens is 619 g/mol. The molecule has 2 N–H and O–H groups in total. The van der Waals surface area contributed by atoms with Crippen molar-refractivity contribution in [1.82, 2.24) is 20.2 Å². The summed E-state index contributed by atoms with van der Waals surface area (Å²) in [5, 5.41) is 14.5. The smallest absolute Gasteiger partial charge is 0.319 e. The van der Waals surface area contributed by atoms with Crippen molar-refractivity contribution in [3.63, 3.8) is 0 Å². The van der Waals surface area contributed by atoms with Crippen LogP contribution in [-0.4, -0.2) is 83.6 Å². The molecule has 5 aliphatic rings. The molecule has 3 aromatic carbocycles. The average molecular weight is 652 g/mol. The second-order valence-electron chi connectivity index (χ2n) is 13.8. The van der Waals surface area contributed by atoms with Gasteiger partial charge in [0.25, 0.3) is 0 Å². The van der Waals surface area contributed by atoms with E-state index in [1.165, 1.54) is 18.2 Å². The quantitative estimate of drug-likeness (QED) is 0.260. The molecule has 2 unspecified atom stereocenters. The van der Waals surface area contributed by atoms with Gasteiger partial charge in [0.1, 0.15) is 17.1 Å². The minimum absolute atomic E-state index is 0.0110. The molecule has 1 aromatic heterocycles. The number of aromatic nitrogens is 2. The summed E-state index contributed by atoms with van der Waals surface area (Å²) in [5.74, 6) is -2.77. The topological polar surface area (TPSA) is 83.0 Å². The molecule has 4 bridgehead atoms. The second kappa shape index (κ2) is 10.6. The number of aromatic hydroxyl groups is 1. The summed E-state index contributed by atoms with van der Waals surface area (Å²) in [6, 6.07) is 7.49.